The quantitative estimate of drug-likeness (QED) is 0.264. The summed E-state index contributed by atoms with van der Waals surface area (Å²) in [5.74, 6) is -0.669. The van der Waals surface area contributed by atoms with Crippen molar-refractivity contribution in [2.45, 2.75) is 44.3 Å². The number of aromatic amines is 1. The van der Waals surface area contributed by atoms with E-state index in [0.29, 0.717) is 17.7 Å². The lowest BCUT2D eigenvalue weighted by Gasteiger charge is -2.41. The molecule has 0 radical (unpaired) electrons. The molecule has 4 atom stereocenters. The lowest BCUT2D eigenvalue weighted by atomic mass is 10.0. The number of aromatic nitrogens is 3. The Balaban J connectivity index is 1.68. The standard InChI is InChI=1S/C24H24F7N4O6P/c1-13(15-9-16(23(26,27)28)11-17(10-15)24(29,30)31)41-21-20(14-3-5-18(25)6-4-14)34(7-8-40-21)12-19-32-22(36)35(33-19)42(37,38)39-2/h3-6,9-11,13,20-21H,7-8,12H2,1-2H3,(H,37,38)(H,32,33,36)/t13-,20+,21-/m1/s1. The van der Waals surface area contributed by atoms with Gasteiger partial charge in [-0.1, -0.05) is 12.1 Å². The number of rotatable bonds is 8. The first-order valence-corrected chi connectivity index (χ1v) is 13.7. The Labute approximate surface area is 233 Å². The van der Waals surface area contributed by atoms with E-state index in [-0.39, 0.29) is 36.0 Å². The topological polar surface area (TPSA) is 119 Å². The molecule has 0 amide bonds. The number of hydrogen-bond acceptors (Lipinski definition) is 7. The smallest absolute Gasteiger partial charge is 0.349 e. The fourth-order valence-electron chi connectivity index (χ4n) is 4.37. The van der Waals surface area contributed by atoms with E-state index in [2.05, 4.69) is 14.6 Å². The molecular weight excluding hydrogens is 604 g/mol. The summed E-state index contributed by atoms with van der Waals surface area (Å²) in [7, 11) is -3.68. The van der Waals surface area contributed by atoms with Crippen molar-refractivity contribution < 1.29 is 54.2 Å². The molecule has 0 bridgehead atoms. The molecule has 2 aromatic carbocycles. The van der Waals surface area contributed by atoms with Crippen molar-refractivity contribution in [1.29, 1.82) is 0 Å². The van der Waals surface area contributed by atoms with Crippen LogP contribution in [0.25, 0.3) is 0 Å². The number of ether oxygens (including phenoxy) is 2. The maximum absolute atomic E-state index is 13.7. The van der Waals surface area contributed by atoms with Gasteiger partial charge in [-0.2, -0.15) is 26.3 Å². The third kappa shape index (κ3) is 7.10. The molecule has 0 spiro atoms. The van der Waals surface area contributed by atoms with E-state index in [1.54, 1.807) is 4.90 Å². The third-order valence-electron chi connectivity index (χ3n) is 6.42. The Morgan fingerprint density at radius 3 is 2.26 bits per heavy atom. The molecule has 230 valence electrons. The number of benzene rings is 2. The fraction of sp³-hybridized carbons (Fsp3) is 0.417. The SMILES string of the molecule is COP(=O)(O)n1nc(CN2CCO[C@H](O[C@H](C)c3cc(C(F)(F)F)cc(C(F)(F)F)c3)[C@@H]2c2ccc(F)cc2)[nH]c1=O. The molecule has 10 nitrogen and oxygen atoms in total. The van der Waals surface area contributed by atoms with E-state index >= 15 is 0 Å². The summed E-state index contributed by atoms with van der Waals surface area (Å²) in [4.78, 5) is 26.0. The van der Waals surface area contributed by atoms with E-state index in [4.69, 9.17) is 9.47 Å². The Morgan fingerprint density at radius 2 is 1.71 bits per heavy atom. The van der Waals surface area contributed by atoms with Crippen LogP contribution in [-0.2, 0) is 37.5 Å². The molecular formula is C24H24F7N4O6P. The van der Waals surface area contributed by atoms with Crippen molar-refractivity contribution in [1.82, 2.24) is 19.4 Å². The lowest BCUT2D eigenvalue weighted by Crippen LogP contribution is -2.46. The Bertz CT molecular complexity index is 1480. The molecule has 0 saturated carbocycles. The molecule has 2 N–H and O–H groups in total. The molecule has 1 fully saturated rings. The molecule has 0 aliphatic carbocycles. The second-order valence-corrected chi connectivity index (χ2v) is 11.0. The van der Waals surface area contributed by atoms with Gasteiger partial charge < -0.3 is 14.4 Å². The van der Waals surface area contributed by atoms with E-state index in [1.165, 1.54) is 19.1 Å². The van der Waals surface area contributed by atoms with Gasteiger partial charge in [0.15, 0.2) is 6.29 Å². The normalized spacial score (nSPS) is 20.8. The summed E-state index contributed by atoms with van der Waals surface area (Å²) in [6.07, 6.45) is -12.8. The average Bonchev–Trinajstić information content (AvgIpc) is 3.29. The van der Waals surface area contributed by atoms with Gasteiger partial charge in [0, 0.05) is 13.7 Å². The molecule has 3 aromatic rings. The molecule has 2 heterocycles. The van der Waals surface area contributed by atoms with Gasteiger partial charge in [-0.25, -0.2) is 13.8 Å². The van der Waals surface area contributed by atoms with Gasteiger partial charge in [0.05, 0.1) is 36.4 Å². The van der Waals surface area contributed by atoms with Gasteiger partial charge in [0.2, 0.25) is 0 Å². The third-order valence-corrected chi connectivity index (χ3v) is 7.64. The molecule has 1 aliphatic rings. The van der Waals surface area contributed by atoms with Crippen LogP contribution in [0.1, 0.15) is 47.1 Å². The van der Waals surface area contributed by atoms with Crippen LogP contribution in [0.5, 0.6) is 0 Å². The average molecular weight is 628 g/mol. The zero-order chi connectivity index (χ0) is 31.0. The van der Waals surface area contributed by atoms with Gasteiger partial charge in [0.25, 0.3) is 0 Å². The van der Waals surface area contributed by atoms with E-state index in [1.807, 2.05) is 0 Å². The summed E-state index contributed by atoms with van der Waals surface area (Å²) >= 11 is 0. The van der Waals surface area contributed by atoms with Crippen molar-refractivity contribution in [2.24, 2.45) is 0 Å². The first-order chi connectivity index (χ1) is 19.5. The molecule has 4 rings (SSSR count). The zero-order valence-corrected chi connectivity index (χ0v) is 22.7. The van der Waals surface area contributed by atoms with Gasteiger partial charge in [-0.15, -0.1) is 9.55 Å². The van der Waals surface area contributed by atoms with Crippen molar-refractivity contribution in [3.05, 3.63) is 86.8 Å². The van der Waals surface area contributed by atoms with Crippen LogP contribution in [0.3, 0.4) is 0 Å². The number of morpholine rings is 1. The van der Waals surface area contributed by atoms with E-state index < -0.39 is 66.7 Å². The maximum atomic E-state index is 13.7. The van der Waals surface area contributed by atoms with Crippen molar-refractivity contribution >= 4 is 7.75 Å². The predicted octanol–water partition coefficient (Wildman–Crippen LogP) is 5.02. The number of H-pyrrole nitrogens is 1. The first kappa shape index (κ1) is 31.8. The van der Waals surface area contributed by atoms with Crippen LogP contribution in [0.15, 0.2) is 47.3 Å². The highest BCUT2D eigenvalue weighted by Crippen LogP contribution is 2.41. The van der Waals surface area contributed by atoms with Crippen LogP contribution in [-0.4, -0.2) is 50.9 Å². The summed E-state index contributed by atoms with van der Waals surface area (Å²) in [5, 5.41) is 3.80. The van der Waals surface area contributed by atoms with E-state index in [0.717, 1.165) is 19.2 Å². The minimum absolute atomic E-state index is 0.00508. The summed E-state index contributed by atoms with van der Waals surface area (Å²) in [6, 6.07) is 5.18. The van der Waals surface area contributed by atoms with E-state index in [9.17, 15) is 45.0 Å². The molecule has 1 saturated heterocycles. The summed E-state index contributed by atoms with van der Waals surface area (Å²) in [5.41, 5.74) is -4.10. The Kier molecular flexibility index (Phi) is 9.02. The van der Waals surface area contributed by atoms with Gasteiger partial charge in [-0.05, 0) is 48.4 Å². The summed E-state index contributed by atoms with van der Waals surface area (Å²) in [6.45, 7) is 1.18. The second kappa shape index (κ2) is 11.9. The number of nitrogens with zero attached hydrogens (tertiary/aromatic N) is 3. The van der Waals surface area contributed by atoms with Crippen molar-refractivity contribution in [3.8, 4) is 0 Å². The Morgan fingerprint density at radius 1 is 1.12 bits per heavy atom. The Hall–Kier alpha value is -3.08. The van der Waals surface area contributed by atoms with Crippen LogP contribution in [0.4, 0.5) is 30.7 Å². The monoisotopic (exact) mass is 628 g/mol. The van der Waals surface area contributed by atoms with Crippen LogP contribution in [0, 0.1) is 5.82 Å². The molecule has 1 aliphatic heterocycles. The van der Waals surface area contributed by atoms with Crippen molar-refractivity contribution in [2.75, 3.05) is 20.3 Å². The highest BCUT2D eigenvalue weighted by atomic mass is 31.2. The van der Waals surface area contributed by atoms with Gasteiger partial charge in [-0.3, -0.25) is 14.4 Å². The first-order valence-electron chi connectivity index (χ1n) is 12.1. The highest BCUT2D eigenvalue weighted by Gasteiger charge is 2.40. The van der Waals surface area contributed by atoms with Gasteiger partial charge >= 0.3 is 25.8 Å². The molecule has 42 heavy (non-hydrogen) atoms. The van der Waals surface area contributed by atoms with Gasteiger partial charge in [0.1, 0.15) is 11.6 Å². The predicted molar refractivity (Wildman–Crippen MR) is 130 cm³/mol. The lowest BCUT2D eigenvalue weighted by molar-refractivity contribution is -0.231. The van der Waals surface area contributed by atoms with Crippen LogP contribution < -0.4 is 5.69 Å². The number of halogens is 7. The molecule has 18 heteroatoms. The summed E-state index contributed by atoms with van der Waals surface area (Å²) < 4.78 is 123. The van der Waals surface area contributed by atoms with Crippen molar-refractivity contribution in [3.63, 3.8) is 0 Å². The van der Waals surface area contributed by atoms with Crippen LogP contribution >= 0.6 is 7.75 Å². The minimum Gasteiger partial charge on any atom is -0.349 e. The molecule has 1 aromatic heterocycles. The second-order valence-electron chi connectivity index (χ2n) is 9.26. The maximum Gasteiger partial charge on any atom is 0.456 e. The highest BCUT2D eigenvalue weighted by molar-refractivity contribution is 7.50. The minimum atomic E-state index is -5.06. The number of alkyl halides is 6. The molecule has 1 unspecified atom stereocenters. The fourth-order valence-corrected chi connectivity index (χ4v) is 5.03. The number of nitrogens with one attached hydrogen (secondary N) is 1. The zero-order valence-electron chi connectivity index (χ0n) is 21.8. The van der Waals surface area contributed by atoms with Crippen LogP contribution in [0.2, 0.25) is 0 Å². The largest absolute Gasteiger partial charge is 0.456 e. The number of hydrogen-bond donors (Lipinski definition) is 2.